The van der Waals surface area contributed by atoms with Gasteiger partial charge in [-0.25, -0.2) is 9.80 Å². The highest BCUT2D eigenvalue weighted by molar-refractivity contribution is 9.18. The minimum atomic E-state index is -0.586. The van der Waals surface area contributed by atoms with Gasteiger partial charge in [0.25, 0.3) is 0 Å². The van der Waals surface area contributed by atoms with Crippen LogP contribution < -0.4 is 4.74 Å². The van der Waals surface area contributed by atoms with Crippen molar-refractivity contribution < 1.29 is 19.0 Å². The van der Waals surface area contributed by atoms with Crippen LogP contribution in [0, 0.1) is 0 Å². The molecule has 1 aliphatic heterocycles. The second-order valence-corrected chi connectivity index (χ2v) is 9.57. The normalized spacial score (nSPS) is 12.8. The third kappa shape index (κ3) is 7.35. The maximum absolute atomic E-state index is 12.9. The Bertz CT molecular complexity index is 1300. The number of unbranched alkanes of at least 4 members (excludes halogenated alkanes) is 1. The zero-order valence-electron chi connectivity index (χ0n) is 22.2. The number of methoxy groups -OCH3 is 1. The second kappa shape index (κ2) is 14.2. The molecule has 0 radical (unpaired) electrons. The van der Waals surface area contributed by atoms with Gasteiger partial charge in [0.2, 0.25) is 0 Å². The third-order valence-corrected chi connectivity index (χ3v) is 5.71. The van der Waals surface area contributed by atoms with E-state index in [1.165, 1.54) is 25.0 Å². The molecule has 0 bridgehead atoms. The average Bonchev–Trinajstić information content (AvgIpc) is 2.94. The lowest BCUT2D eigenvalue weighted by Gasteiger charge is -2.31. The fourth-order valence-corrected chi connectivity index (χ4v) is 3.68. The van der Waals surface area contributed by atoms with Gasteiger partial charge < -0.3 is 14.2 Å². The molecular formula is C31H33BrN2O4. The molecule has 6 nitrogen and oxygen atoms in total. The molecule has 0 spiro atoms. The smallest absolute Gasteiger partial charge is 0.360 e. The van der Waals surface area contributed by atoms with Gasteiger partial charge >= 0.3 is 5.97 Å². The largest absolute Gasteiger partial charge is 0.486 e. The molecule has 38 heavy (non-hydrogen) atoms. The van der Waals surface area contributed by atoms with Crippen molar-refractivity contribution in [2.45, 2.75) is 40.2 Å². The van der Waals surface area contributed by atoms with Gasteiger partial charge in [0.1, 0.15) is 22.7 Å². The molecule has 3 aromatic rings. The number of rotatable bonds is 8. The van der Waals surface area contributed by atoms with E-state index >= 15 is 0 Å². The number of ether oxygens (including phenoxy) is 3. The van der Waals surface area contributed by atoms with Crippen molar-refractivity contribution in [3.8, 4) is 11.5 Å². The number of halogens is 1. The Morgan fingerprint density at radius 2 is 1.55 bits per heavy atom. The van der Waals surface area contributed by atoms with Gasteiger partial charge in [-0.05, 0) is 58.7 Å². The summed E-state index contributed by atoms with van der Waals surface area (Å²) in [4.78, 5) is 12.9. The van der Waals surface area contributed by atoms with Crippen LogP contribution in [0.1, 0.15) is 50.3 Å². The van der Waals surface area contributed by atoms with Crippen molar-refractivity contribution >= 4 is 38.0 Å². The number of carbonyl (C=O) groups excluding carboxylic acids is 1. The molecule has 0 N–H and O–H groups in total. The summed E-state index contributed by atoms with van der Waals surface area (Å²) in [6.45, 7) is 10.6. The van der Waals surface area contributed by atoms with E-state index in [2.05, 4.69) is 41.5 Å². The van der Waals surface area contributed by atoms with Crippen LogP contribution in [0.25, 0.3) is 11.5 Å². The fourth-order valence-electron chi connectivity index (χ4n) is 3.52. The first-order valence-corrected chi connectivity index (χ1v) is 13.3. The minimum absolute atomic E-state index is 0.145. The molecule has 0 amide bonds. The molecular weight excluding hydrogens is 544 g/mol. The van der Waals surface area contributed by atoms with E-state index < -0.39 is 5.97 Å². The van der Waals surface area contributed by atoms with Gasteiger partial charge in [-0.1, -0.05) is 81.8 Å². The Morgan fingerprint density at radius 1 is 0.921 bits per heavy atom. The molecule has 1 heterocycles. The Morgan fingerprint density at radius 3 is 2.13 bits per heavy atom. The molecule has 0 aliphatic carbocycles. The van der Waals surface area contributed by atoms with Crippen molar-refractivity contribution in [2.24, 2.45) is 5.10 Å². The van der Waals surface area contributed by atoms with E-state index in [1.807, 2.05) is 78.9 Å². The summed E-state index contributed by atoms with van der Waals surface area (Å²) in [5, 5.41) is 5.91. The molecule has 3 aromatic carbocycles. The molecule has 0 saturated heterocycles. The van der Waals surface area contributed by atoms with Crippen molar-refractivity contribution in [1.29, 1.82) is 0 Å². The maximum Gasteiger partial charge on any atom is 0.360 e. The van der Waals surface area contributed by atoms with Crippen LogP contribution in [0.4, 0.5) is 0 Å². The number of carbonyl (C=O) groups is 1. The molecule has 0 aromatic heterocycles. The minimum Gasteiger partial charge on any atom is -0.486 e. The number of hydrogen-bond acceptors (Lipinski definition) is 6. The van der Waals surface area contributed by atoms with Gasteiger partial charge in [-0.2, -0.15) is 5.10 Å². The first-order chi connectivity index (χ1) is 18.4. The lowest BCUT2D eigenvalue weighted by Crippen LogP contribution is -2.29. The Hall–Kier alpha value is -3.84. The van der Waals surface area contributed by atoms with Crippen LogP contribution in [-0.4, -0.2) is 22.7 Å². The molecule has 1 aliphatic rings. The van der Waals surface area contributed by atoms with Crippen LogP contribution in [0.2, 0.25) is 0 Å². The van der Waals surface area contributed by atoms with Crippen LogP contribution in [-0.2, 0) is 20.9 Å². The predicted octanol–water partition coefficient (Wildman–Crippen LogP) is 8.36. The quantitative estimate of drug-likeness (QED) is 0.199. The van der Waals surface area contributed by atoms with Gasteiger partial charge in [-0.15, -0.1) is 0 Å². The summed E-state index contributed by atoms with van der Waals surface area (Å²) in [5.41, 5.74) is 3.01. The monoisotopic (exact) mass is 576 g/mol. The Kier molecular flexibility index (Phi) is 10.7. The van der Waals surface area contributed by atoms with E-state index in [1.54, 1.807) is 6.92 Å². The standard InChI is InChI=1S/C27H23BrN2O4.C4H10/c1-18-24-16-22(34-21-12-8-5-9-13-21)14-15-23(24)26(33-17-20-10-6-4-7-11-20)25(27(31)32-3)30(18)29-19(2)28;1-3-4-2/h4-16H,1,17H2,2-3H3;3-4H2,1-2H3/b29-19+;. The number of nitrogens with zero attached hydrogens (tertiary/aromatic N) is 2. The van der Waals surface area contributed by atoms with Gasteiger partial charge in [0, 0.05) is 11.1 Å². The first-order valence-electron chi connectivity index (χ1n) is 12.5. The van der Waals surface area contributed by atoms with Crippen molar-refractivity contribution in [1.82, 2.24) is 5.01 Å². The topological polar surface area (TPSA) is 60.4 Å². The molecule has 7 heteroatoms. The van der Waals surface area contributed by atoms with E-state index in [9.17, 15) is 4.79 Å². The maximum atomic E-state index is 12.9. The number of hydrogen-bond donors (Lipinski definition) is 0. The van der Waals surface area contributed by atoms with Gasteiger partial charge in [-0.3, -0.25) is 0 Å². The van der Waals surface area contributed by atoms with Crippen molar-refractivity contribution in [3.63, 3.8) is 0 Å². The molecule has 0 fully saturated rings. The summed E-state index contributed by atoms with van der Waals surface area (Å²) < 4.78 is 17.9. The average molecular weight is 578 g/mol. The molecule has 198 valence electrons. The van der Waals surface area contributed by atoms with Crippen LogP contribution in [0.5, 0.6) is 11.5 Å². The van der Waals surface area contributed by atoms with E-state index in [0.717, 1.165) is 11.1 Å². The van der Waals surface area contributed by atoms with Gasteiger partial charge in [0.05, 0.1) is 12.8 Å². The number of fused-ring (bicyclic) bond motifs is 1. The Balaban J connectivity index is 0.000000934. The summed E-state index contributed by atoms with van der Waals surface area (Å²) >= 11 is 3.36. The summed E-state index contributed by atoms with van der Waals surface area (Å²) in [7, 11) is 1.32. The lowest BCUT2D eigenvalue weighted by atomic mass is 9.97. The van der Waals surface area contributed by atoms with Gasteiger partial charge in [0.15, 0.2) is 11.5 Å². The zero-order valence-corrected chi connectivity index (χ0v) is 23.8. The SMILES string of the molecule is C=C1c2cc(Oc3ccccc3)ccc2C(OCc2ccccc2)=C(C(=O)OC)N1/N=C(\C)Br.CCCC. The molecule has 0 saturated carbocycles. The van der Waals surface area contributed by atoms with Crippen molar-refractivity contribution in [3.05, 3.63) is 108 Å². The number of benzene rings is 3. The van der Waals surface area contributed by atoms with Crippen LogP contribution >= 0.6 is 15.9 Å². The lowest BCUT2D eigenvalue weighted by molar-refractivity contribution is -0.137. The van der Waals surface area contributed by atoms with E-state index in [0.29, 0.717) is 33.1 Å². The first kappa shape index (κ1) is 28.7. The third-order valence-electron chi connectivity index (χ3n) is 5.55. The fraction of sp³-hybridized carbons (Fsp3) is 0.226. The highest BCUT2D eigenvalue weighted by atomic mass is 79.9. The van der Waals surface area contributed by atoms with Crippen LogP contribution in [0.15, 0.2) is 96.2 Å². The molecule has 0 unspecified atom stereocenters. The number of para-hydroxylation sites is 1. The van der Waals surface area contributed by atoms with Crippen molar-refractivity contribution in [2.75, 3.05) is 7.11 Å². The molecule has 4 rings (SSSR count). The second-order valence-electron chi connectivity index (χ2n) is 8.42. The summed E-state index contributed by atoms with van der Waals surface area (Å²) in [6, 6.07) is 24.7. The summed E-state index contributed by atoms with van der Waals surface area (Å²) in [6.07, 6.45) is 2.64. The molecule has 0 atom stereocenters. The number of esters is 1. The zero-order chi connectivity index (χ0) is 27.5. The highest BCUT2D eigenvalue weighted by Crippen LogP contribution is 2.41. The van der Waals surface area contributed by atoms with E-state index in [4.69, 9.17) is 14.2 Å². The van der Waals surface area contributed by atoms with Crippen LogP contribution in [0.3, 0.4) is 0 Å². The number of hydrazone groups is 1. The predicted molar refractivity (Wildman–Crippen MR) is 157 cm³/mol. The Labute approximate surface area is 233 Å². The summed E-state index contributed by atoms with van der Waals surface area (Å²) in [5.74, 6) is 1.09. The highest BCUT2D eigenvalue weighted by Gasteiger charge is 2.35. The van der Waals surface area contributed by atoms with E-state index in [-0.39, 0.29) is 12.3 Å².